The van der Waals surface area contributed by atoms with Gasteiger partial charge in [0.1, 0.15) is 5.75 Å². The maximum absolute atomic E-state index is 10.9. The Hall–Kier alpha value is -3.42. The van der Waals surface area contributed by atoms with Gasteiger partial charge in [0.05, 0.1) is 29.4 Å². The lowest BCUT2D eigenvalue weighted by Gasteiger charge is -2.09. The molecule has 26 heavy (non-hydrogen) atoms. The highest BCUT2D eigenvalue weighted by Crippen LogP contribution is 2.18. The van der Waals surface area contributed by atoms with Gasteiger partial charge >= 0.3 is 5.97 Å². The fourth-order valence-corrected chi connectivity index (χ4v) is 2.22. The van der Waals surface area contributed by atoms with Gasteiger partial charge in [0.15, 0.2) is 0 Å². The average molecular weight is 357 g/mol. The van der Waals surface area contributed by atoms with E-state index in [1.807, 2.05) is 6.92 Å². The van der Waals surface area contributed by atoms with E-state index in [1.54, 1.807) is 36.4 Å². The molecular formula is C18H19N3O5. The van der Waals surface area contributed by atoms with Crippen LogP contribution in [0, 0.1) is 10.1 Å². The molecule has 0 aromatic heterocycles. The molecule has 2 aromatic rings. The summed E-state index contributed by atoms with van der Waals surface area (Å²) in [4.78, 5) is 21.2. The number of hydrogen-bond acceptors (Lipinski definition) is 6. The van der Waals surface area contributed by atoms with Crippen molar-refractivity contribution in [2.45, 2.75) is 19.8 Å². The van der Waals surface area contributed by atoms with Crippen LogP contribution in [0.4, 0.5) is 11.4 Å². The first kappa shape index (κ1) is 18.9. The molecule has 0 aliphatic heterocycles. The molecule has 8 nitrogen and oxygen atoms in total. The van der Waals surface area contributed by atoms with Crippen molar-refractivity contribution in [1.82, 2.24) is 0 Å². The van der Waals surface area contributed by atoms with Crippen LogP contribution < -0.4 is 10.2 Å². The lowest BCUT2D eigenvalue weighted by atomic mass is 10.1. The van der Waals surface area contributed by atoms with Crippen molar-refractivity contribution >= 4 is 23.1 Å². The lowest BCUT2D eigenvalue weighted by Crippen LogP contribution is -2.08. The van der Waals surface area contributed by atoms with Gasteiger partial charge in [0.25, 0.3) is 5.69 Å². The van der Waals surface area contributed by atoms with Gasteiger partial charge in [0.2, 0.25) is 0 Å². The van der Waals surface area contributed by atoms with Crippen LogP contribution in [0.3, 0.4) is 0 Å². The smallest absolute Gasteiger partial charge is 0.303 e. The summed E-state index contributed by atoms with van der Waals surface area (Å²) in [5.41, 5.74) is 4.42. The predicted octanol–water partition coefficient (Wildman–Crippen LogP) is 3.67. The molecule has 2 N–H and O–H groups in total. The van der Waals surface area contributed by atoms with Crippen molar-refractivity contribution in [3.63, 3.8) is 0 Å². The van der Waals surface area contributed by atoms with E-state index in [4.69, 9.17) is 9.84 Å². The number of carboxylic acids is 1. The van der Waals surface area contributed by atoms with Crippen LogP contribution in [0.25, 0.3) is 0 Å². The largest absolute Gasteiger partial charge is 0.494 e. The maximum Gasteiger partial charge on any atom is 0.303 e. The zero-order chi connectivity index (χ0) is 18.9. The number of nitrogens with one attached hydrogen (secondary N) is 1. The standard InChI is InChI=1S/C18H19N3O5/c1-2-26-16-8-6-13(7-9-16)17(10-11-18(22)23)20-19-14-4-3-5-15(12-14)21(24)25/h3-9,12,19H,2,10-11H2,1H3,(H,22,23). The second-order valence-electron chi connectivity index (χ2n) is 5.33. The summed E-state index contributed by atoms with van der Waals surface area (Å²) >= 11 is 0. The van der Waals surface area contributed by atoms with Gasteiger partial charge in [-0.25, -0.2) is 0 Å². The number of anilines is 1. The summed E-state index contributed by atoms with van der Waals surface area (Å²) < 4.78 is 5.39. The molecule has 0 atom stereocenters. The van der Waals surface area contributed by atoms with E-state index in [2.05, 4.69) is 10.5 Å². The molecule has 0 unspecified atom stereocenters. The average Bonchev–Trinajstić information content (AvgIpc) is 2.63. The minimum absolute atomic E-state index is 0.0571. The van der Waals surface area contributed by atoms with Gasteiger partial charge in [-0.05, 0) is 42.8 Å². The highest BCUT2D eigenvalue weighted by Gasteiger charge is 2.09. The SMILES string of the molecule is CCOc1ccc(C(CCC(=O)O)=NNc2cccc([N+](=O)[O-])c2)cc1. The number of nitro groups is 1. The zero-order valence-corrected chi connectivity index (χ0v) is 14.2. The Bertz CT molecular complexity index is 803. The highest BCUT2D eigenvalue weighted by atomic mass is 16.6. The van der Waals surface area contributed by atoms with Gasteiger partial charge in [-0.1, -0.05) is 6.07 Å². The van der Waals surface area contributed by atoms with E-state index in [0.717, 1.165) is 5.56 Å². The Morgan fingerprint density at radius 3 is 2.58 bits per heavy atom. The summed E-state index contributed by atoms with van der Waals surface area (Å²) in [5, 5.41) is 24.0. The summed E-state index contributed by atoms with van der Waals surface area (Å²) in [6, 6.07) is 13.1. The summed E-state index contributed by atoms with van der Waals surface area (Å²) in [6.07, 6.45) is 0.133. The lowest BCUT2D eigenvalue weighted by molar-refractivity contribution is -0.384. The number of nitro benzene ring substituents is 1. The van der Waals surface area contributed by atoms with Gasteiger partial charge < -0.3 is 9.84 Å². The molecule has 136 valence electrons. The third-order valence-corrected chi connectivity index (χ3v) is 3.45. The Morgan fingerprint density at radius 1 is 1.23 bits per heavy atom. The number of hydrazone groups is 1. The van der Waals surface area contributed by atoms with Gasteiger partial charge in [0, 0.05) is 18.6 Å². The Balaban J connectivity index is 2.22. The second kappa shape index (κ2) is 9.16. The van der Waals surface area contributed by atoms with E-state index in [1.165, 1.54) is 12.1 Å². The number of ether oxygens (including phenoxy) is 1. The Morgan fingerprint density at radius 2 is 1.96 bits per heavy atom. The molecule has 0 aliphatic carbocycles. The third-order valence-electron chi connectivity index (χ3n) is 3.45. The number of hydrogen-bond donors (Lipinski definition) is 2. The van der Waals surface area contributed by atoms with Crippen molar-refractivity contribution in [2.75, 3.05) is 12.0 Å². The first-order valence-corrected chi connectivity index (χ1v) is 8.01. The van der Waals surface area contributed by atoms with Crippen LogP contribution in [-0.4, -0.2) is 28.3 Å². The van der Waals surface area contributed by atoms with E-state index in [-0.39, 0.29) is 18.5 Å². The van der Waals surface area contributed by atoms with Crippen molar-refractivity contribution in [2.24, 2.45) is 5.10 Å². The highest BCUT2D eigenvalue weighted by molar-refractivity contribution is 6.02. The minimum Gasteiger partial charge on any atom is -0.494 e. The van der Waals surface area contributed by atoms with E-state index >= 15 is 0 Å². The Kier molecular flexibility index (Phi) is 6.67. The van der Waals surface area contributed by atoms with Gasteiger partial charge in [-0.2, -0.15) is 5.10 Å². The molecule has 0 heterocycles. The summed E-state index contributed by atoms with van der Waals surface area (Å²) in [6.45, 7) is 2.43. The first-order chi connectivity index (χ1) is 12.5. The molecule has 2 aromatic carbocycles. The normalized spacial score (nSPS) is 11.0. The molecule has 0 bridgehead atoms. The molecule has 0 aliphatic rings. The van der Waals surface area contributed by atoms with Crippen molar-refractivity contribution in [1.29, 1.82) is 0 Å². The van der Waals surface area contributed by atoms with Gasteiger partial charge in [-0.15, -0.1) is 0 Å². The molecule has 0 radical (unpaired) electrons. The monoisotopic (exact) mass is 357 g/mol. The first-order valence-electron chi connectivity index (χ1n) is 8.01. The predicted molar refractivity (Wildman–Crippen MR) is 97.7 cm³/mol. The third kappa shape index (κ3) is 5.59. The van der Waals surface area contributed by atoms with Crippen LogP contribution in [0.2, 0.25) is 0 Å². The molecule has 0 saturated heterocycles. The van der Waals surface area contributed by atoms with Crippen LogP contribution in [-0.2, 0) is 4.79 Å². The molecule has 2 rings (SSSR count). The molecule has 0 fully saturated rings. The minimum atomic E-state index is -0.931. The fraction of sp³-hybridized carbons (Fsp3) is 0.222. The number of aliphatic carboxylic acids is 1. The van der Waals surface area contributed by atoms with E-state index < -0.39 is 10.9 Å². The quantitative estimate of drug-likeness (QED) is 0.402. The number of benzene rings is 2. The number of rotatable bonds is 9. The van der Waals surface area contributed by atoms with Crippen LogP contribution >= 0.6 is 0 Å². The molecular weight excluding hydrogens is 338 g/mol. The van der Waals surface area contributed by atoms with Crippen LogP contribution in [0.1, 0.15) is 25.3 Å². The molecule has 0 amide bonds. The van der Waals surface area contributed by atoms with Crippen LogP contribution in [0.15, 0.2) is 53.6 Å². The Labute approximate surface area is 150 Å². The van der Waals surface area contributed by atoms with Crippen LogP contribution in [0.5, 0.6) is 5.75 Å². The molecule has 0 saturated carbocycles. The van der Waals surface area contributed by atoms with Crippen molar-refractivity contribution < 1.29 is 19.6 Å². The van der Waals surface area contributed by atoms with E-state index in [9.17, 15) is 14.9 Å². The fourth-order valence-electron chi connectivity index (χ4n) is 2.22. The summed E-state index contributed by atoms with van der Waals surface area (Å²) in [5.74, 6) is -0.223. The number of carbonyl (C=O) groups is 1. The molecule has 0 spiro atoms. The molecule has 8 heteroatoms. The van der Waals surface area contributed by atoms with Crippen molar-refractivity contribution in [3.05, 3.63) is 64.2 Å². The van der Waals surface area contributed by atoms with E-state index in [0.29, 0.717) is 23.8 Å². The topological polar surface area (TPSA) is 114 Å². The number of carboxylic acid groups (broad SMARTS) is 1. The zero-order valence-electron chi connectivity index (χ0n) is 14.2. The number of nitrogens with zero attached hydrogens (tertiary/aromatic N) is 2. The van der Waals surface area contributed by atoms with Crippen molar-refractivity contribution in [3.8, 4) is 5.75 Å². The maximum atomic E-state index is 10.9. The summed E-state index contributed by atoms with van der Waals surface area (Å²) in [7, 11) is 0. The second-order valence-corrected chi connectivity index (χ2v) is 5.33. The van der Waals surface area contributed by atoms with Gasteiger partial charge in [-0.3, -0.25) is 20.3 Å². The number of non-ortho nitro benzene ring substituents is 1.